The second-order valence-electron chi connectivity index (χ2n) is 7.26. The van der Waals surface area contributed by atoms with Gasteiger partial charge in [-0.3, -0.25) is 9.58 Å². The molecular weight excluding hydrogens is 493 g/mol. The fraction of sp³-hybridized carbons (Fsp3) is 0.571. The number of hydrogen-bond acceptors (Lipinski definition) is 5. The van der Waals surface area contributed by atoms with Crippen molar-refractivity contribution in [2.24, 2.45) is 12.0 Å². The number of methoxy groups -OCH3 is 1. The van der Waals surface area contributed by atoms with Crippen LogP contribution in [-0.4, -0.2) is 58.9 Å². The van der Waals surface area contributed by atoms with Crippen LogP contribution < -0.4 is 15.4 Å². The van der Waals surface area contributed by atoms with Crippen molar-refractivity contribution in [1.29, 1.82) is 0 Å². The molecule has 9 heteroatoms. The molecule has 0 bridgehead atoms. The Morgan fingerprint density at radius 3 is 2.50 bits per heavy atom. The SMILES string of the molecule is CCNC(=NCc1ncnn1C)NCC(c1ccc(OC)cc1)N1CCCCC1.I. The normalized spacial score (nSPS) is 15.9. The molecular formula is C21H34IN7O. The molecule has 0 radical (unpaired) electrons. The number of guanidine groups is 1. The van der Waals surface area contributed by atoms with Crippen LogP contribution in [0.5, 0.6) is 5.75 Å². The number of nitrogens with one attached hydrogen (secondary N) is 2. The van der Waals surface area contributed by atoms with E-state index in [4.69, 9.17) is 4.74 Å². The molecule has 8 nitrogen and oxygen atoms in total. The van der Waals surface area contributed by atoms with Gasteiger partial charge in [-0.2, -0.15) is 5.10 Å². The maximum absolute atomic E-state index is 5.33. The number of ether oxygens (including phenoxy) is 1. The molecule has 30 heavy (non-hydrogen) atoms. The number of benzene rings is 1. The zero-order valence-electron chi connectivity index (χ0n) is 18.2. The summed E-state index contributed by atoms with van der Waals surface area (Å²) in [6.07, 6.45) is 5.39. The summed E-state index contributed by atoms with van der Waals surface area (Å²) in [4.78, 5) is 11.5. The van der Waals surface area contributed by atoms with Crippen LogP contribution in [-0.2, 0) is 13.6 Å². The summed E-state index contributed by atoms with van der Waals surface area (Å²) in [7, 11) is 3.59. The third-order valence-corrected chi connectivity index (χ3v) is 5.32. The van der Waals surface area contributed by atoms with Gasteiger partial charge < -0.3 is 15.4 Å². The summed E-state index contributed by atoms with van der Waals surface area (Å²) < 4.78 is 7.08. The van der Waals surface area contributed by atoms with Crippen molar-refractivity contribution in [2.45, 2.75) is 38.8 Å². The maximum atomic E-state index is 5.33. The molecule has 1 aromatic carbocycles. The molecule has 0 saturated carbocycles. The number of hydrogen-bond donors (Lipinski definition) is 2. The molecule has 1 saturated heterocycles. The van der Waals surface area contributed by atoms with E-state index >= 15 is 0 Å². The Bertz CT molecular complexity index is 772. The van der Waals surface area contributed by atoms with Gasteiger partial charge in [0, 0.05) is 20.1 Å². The quantitative estimate of drug-likeness (QED) is 0.312. The summed E-state index contributed by atoms with van der Waals surface area (Å²) in [6, 6.07) is 8.71. The second kappa shape index (κ2) is 12.7. The zero-order valence-corrected chi connectivity index (χ0v) is 20.5. The highest BCUT2D eigenvalue weighted by molar-refractivity contribution is 14.0. The summed E-state index contributed by atoms with van der Waals surface area (Å²) in [5.74, 6) is 2.52. The van der Waals surface area contributed by atoms with Gasteiger partial charge in [0.25, 0.3) is 0 Å². The topological polar surface area (TPSA) is 79.6 Å². The molecule has 3 rings (SSSR count). The Kier molecular flexibility index (Phi) is 10.4. The number of aliphatic imine (C=N–C) groups is 1. The first-order valence-corrected chi connectivity index (χ1v) is 10.4. The van der Waals surface area contributed by atoms with Gasteiger partial charge in [-0.25, -0.2) is 9.98 Å². The lowest BCUT2D eigenvalue weighted by Crippen LogP contribution is -2.44. The van der Waals surface area contributed by atoms with Crippen LogP contribution in [0.1, 0.15) is 43.6 Å². The van der Waals surface area contributed by atoms with E-state index in [0.29, 0.717) is 12.6 Å². The fourth-order valence-electron chi connectivity index (χ4n) is 3.66. The molecule has 1 aliphatic rings. The highest BCUT2D eigenvalue weighted by atomic mass is 127. The first kappa shape index (κ1) is 24.4. The van der Waals surface area contributed by atoms with Gasteiger partial charge in [-0.15, -0.1) is 24.0 Å². The number of aryl methyl sites for hydroxylation is 1. The Balaban J connectivity index is 0.00000320. The van der Waals surface area contributed by atoms with E-state index in [-0.39, 0.29) is 24.0 Å². The van der Waals surface area contributed by atoms with Crippen molar-refractivity contribution in [3.63, 3.8) is 0 Å². The molecule has 1 unspecified atom stereocenters. The molecule has 1 aliphatic heterocycles. The summed E-state index contributed by atoms with van der Waals surface area (Å²) in [5.41, 5.74) is 1.30. The van der Waals surface area contributed by atoms with Gasteiger partial charge in [-0.05, 0) is 50.6 Å². The molecule has 1 aromatic heterocycles. The van der Waals surface area contributed by atoms with E-state index in [2.05, 4.69) is 49.7 Å². The van der Waals surface area contributed by atoms with E-state index in [9.17, 15) is 0 Å². The van der Waals surface area contributed by atoms with Gasteiger partial charge >= 0.3 is 0 Å². The van der Waals surface area contributed by atoms with Crippen molar-refractivity contribution in [3.8, 4) is 5.75 Å². The fourth-order valence-corrected chi connectivity index (χ4v) is 3.66. The lowest BCUT2D eigenvalue weighted by molar-refractivity contribution is 0.164. The average molecular weight is 527 g/mol. The smallest absolute Gasteiger partial charge is 0.191 e. The third kappa shape index (κ3) is 6.83. The highest BCUT2D eigenvalue weighted by Gasteiger charge is 2.22. The lowest BCUT2D eigenvalue weighted by atomic mass is 10.0. The van der Waals surface area contributed by atoms with E-state index in [1.54, 1.807) is 18.1 Å². The molecule has 166 valence electrons. The number of piperidine rings is 1. The molecule has 0 spiro atoms. The number of likely N-dealkylation sites (tertiary alicyclic amines) is 1. The van der Waals surface area contributed by atoms with E-state index < -0.39 is 0 Å². The van der Waals surface area contributed by atoms with Gasteiger partial charge in [0.2, 0.25) is 0 Å². The number of nitrogens with zero attached hydrogens (tertiary/aromatic N) is 5. The summed E-state index contributed by atoms with van der Waals surface area (Å²) in [5, 5.41) is 11.0. The van der Waals surface area contributed by atoms with Crippen LogP contribution in [0.15, 0.2) is 35.6 Å². The minimum Gasteiger partial charge on any atom is -0.497 e. The predicted molar refractivity (Wildman–Crippen MR) is 130 cm³/mol. The van der Waals surface area contributed by atoms with Gasteiger partial charge in [0.15, 0.2) is 5.96 Å². The van der Waals surface area contributed by atoms with Gasteiger partial charge in [0.05, 0.1) is 13.2 Å². The minimum atomic E-state index is 0. The standard InChI is InChI=1S/C21H33N7O.HI/c1-4-22-21(24-15-20-25-16-26-27(20)2)23-14-19(28-12-6-5-7-13-28)17-8-10-18(29-3)11-9-17;/h8-11,16,19H,4-7,12-15H2,1-3H3,(H2,22,23,24);1H. The summed E-state index contributed by atoms with van der Waals surface area (Å²) >= 11 is 0. The van der Waals surface area contributed by atoms with Crippen molar-refractivity contribution < 1.29 is 4.74 Å². The lowest BCUT2D eigenvalue weighted by Gasteiger charge is -2.35. The van der Waals surface area contributed by atoms with Crippen LogP contribution in [0.25, 0.3) is 0 Å². The van der Waals surface area contributed by atoms with Crippen molar-refractivity contribution in [3.05, 3.63) is 42.0 Å². The second-order valence-corrected chi connectivity index (χ2v) is 7.26. The Morgan fingerprint density at radius 2 is 1.90 bits per heavy atom. The maximum Gasteiger partial charge on any atom is 0.191 e. The molecule has 2 heterocycles. The summed E-state index contributed by atoms with van der Waals surface area (Å²) in [6.45, 7) is 6.42. The Labute approximate surface area is 196 Å². The zero-order chi connectivity index (χ0) is 20.5. The predicted octanol–water partition coefficient (Wildman–Crippen LogP) is 2.72. The monoisotopic (exact) mass is 527 g/mol. The number of halogens is 1. The molecule has 2 N–H and O–H groups in total. The first-order chi connectivity index (χ1) is 14.2. The minimum absolute atomic E-state index is 0. The molecule has 0 amide bonds. The Morgan fingerprint density at radius 1 is 1.17 bits per heavy atom. The van der Waals surface area contributed by atoms with E-state index in [1.807, 2.05) is 19.2 Å². The Hall–Kier alpha value is -1.88. The highest BCUT2D eigenvalue weighted by Crippen LogP contribution is 2.25. The molecule has 1 fully saturated rings. The molecule has 1 atom stereocenters. The number of aromatic nitrogens is 3. The molecule has 0 aliphatic carbocycles. The molecule has 2 aromatic rings. The largest absolute Gasteiger partial charge is 0.497 e. The van der Waals surface area contributed by atoms with Crippen LogP contribution in [0.4, 0.5) is 0 Å². The third-order valence-electron chi connectivity index (χ3n) is 5.32. The van der Waals surface area contributed by atoms with Crippen LogP contribution in [0, 0.1) is 0 Å². The van der Waals surface area contributed by atoms with Gasteiger partial charge in [0.1, 0.15) is 24.4 Å². The van der Waals surface area contributed by atoms with E-state index in [0.717, 1.165) is 43.7 Å². The first-order valence-electron chi connectivity index (χ1n) is 10.4. The van der Waals surface area contributed by atoms with Crippen LogP contribution in [0.2, 0.25) is 0 Å². The van der Waals surface area contributed by atoms with Crippen LogP contribution >= 0.6 is 24.0 Å². The number of rotatable bonds is 8. The van der Waals surface area contributed by atoms with E-state index in [1.165, 1.54) is 24.8 Å². The van der Waals surface area contributed by atoms with Crippen molar-refractivity contribution in [1.82, 2.24) is 30.3 Å². The van der Waals surface area contributed by atoms with Gasteiger partial charge in [-0.1, -0.05) is 18.6 Å². The average Bonchev–Trinajstić information content (AvgIpc) is 3.18. The van der Waals surface area contributed by atoms with Crippen molar-refractivity contribution >= 4 is 29.9 Å². The van der Waals surface area contributed by atoms with Crippen molar-refractivity contribution in [2.75, 3.05) is 33.3 Å². The van der Waals surface area contributed by atoms with Crippen LogP contribution in [0.3, 0.4) is 0 Å².